The molecule has 1 N–H and O–H groups in total. The van der Waals surface area contributed by atoms with Crippen molar-refractivity contribution in [3.8, 4) is 11.8 Å². The van der Waals surface area contributed by atoms with Gasteiger partial charge in [-0.3, -0.25) is 9.78 Å². The van der Waals surface area contributed by atoms with Crippen molar-refractivity contribution in [2.75, 3.05) is 7.11 Å². The summed E-state index contributed by atoms with van der Waals surface area (Å²) in [7, 11) is 1.43. The minimum Gasteiger partial charge on any atom is -0.482 e. The Balaban J connectivity index is 2.07. The fourth-order valence-electron chi connectivity index (χ4n) is 1.31. The number of hydrogen-bond acceptors (Lipinski definition) is 4. The topological polar surface area (TPSA) is 64.2 Å². The molecule has 0 atom stereocenters. The normalized spacial score (nSPS) is 9.94. The number of aromatic amines is 1. The second-order valence-corrected chi connectivity index (χ2v) is 3.36. The van der Waals surface area contributed by atoms with E-state index in [2.05, 4.69) is 9.97 Å². The van der Waals surface area contributed by atoms with E-state index < -0.39 is 0 Å². The second-order valence-electron chi connectivity index (χ2n) is 3.36. The zero-order chi connectivity index (χ0) is 12.1. The lowest BCUT2D eigenvalue weighted by atomic mass is 10.2. The highest BCUT2D eigenvalue weighted by atomic mass is 16.5. The standard InChI is InChI=1S/C12H12N2O3/c1-16-12-13-7-10(11(15)14-12)17-8-9-5-3-2-4-6-9/h2-7H,8H2,1H3,(H,13,14,15). The summed E-state index contributed by atoms with van der Waals surface area (Å²) in [4.78, 5) is 17.8. The molecule has 0 unspecified atom stereocenters. The van der Waals surface area contributed by atoms with Crippen LogP contribution in [0.25, 0.3) is 0 Å². The van der Waals surface area contributed by atoms with E-state index in [9.17, 15) is 4.79 Å². The maximum atomic E-state index is 11.5. The van der Waals surface area contributed by atoms with E-state index in [1.165, 1.54) is 13.3 Å². The van der Waals surface area contributed by atoms with Crippen LogP contribution >= 0.6 is 0 Å². The molecule has 1 aromatic heterocycles. The van der Waals surface area contributed by atoms with Gasteiger partial charge in [0, 0.05) is 0 Å². The molecule has 0 amide bonds. The van der Waals surface area contributed by atoms with Crippen molar-refractivity contribution in [3.63, 3.8) is 0 Å². The van der Waals surface area contributed by atoms with Gasteiger partial charge in [-0.15, -0.1) is 0 Å². The van der Waals surface area contributed by atoms with Crippen LogP contribution in [0.3, 0.4) is 0 Å². The van der Waals surface area contributed by atoms with Crippen LogP contribution < -0.4 is 15.0 Å². The largest absolute Gasteiger partial charge is 0.482 e. The predicted molar refractivity (Wildman–Crippen MR) is 62.2 cm³/mol. The number of hydrogen-bond donors (Lipinski definition) is 1. The molecular formula is C12H12N2O3. The van der Waals surface area contributed by atoms with Crippen molar-refractivity contribution in [3.05, 3.63) is 52.4 Å². The molecule has 0 bridgehead atoms. The molecule has 0 radical (unpaired) electrons. The molecule has 2 rings (SSSR count). The van der Waals surface area contributed by atoms with E-state index in [0.29, 0.717) is 6.61 Å². The average Bonchev–Trinajstić information content (AvgIpc) is 2.38. The van der Waals surface area contributed by atoms with Gasteiger partial charge < -0.3 is 9.47 Å². The van der Waals surface area contributed by atoms with E-state index >= 15 is 0 Å². The van der Waals surface area contributed by atoms with E-state index in [-0.39, 0.29) is 17.3 Å². The zero-order valence-electron chi connectivity index (χ0n) is 9.34. The molecule has 0 aliphatic heterocycles. The van der Waals surface area contributed by atoms with E-state index in [0.717, 1.165) is 5.56 Å². The number of benzene rings is 1. The van der Waals surface area contributed by atoms with Crippen molar-refractivity contribution < 1.29 is 9.47 Å². The molecular weight excluding hydrogens is 220 g/mol. The molecule has 5 heteroatoms. The fraction of sp³-hybridized carbons (Fsp3) is 0.167. The summed E-state index contributed by atoms with van der Waals surface area (Å²) in [5.41, 5.74) is 0.635. The van der Waals surface area contributed by atoms with E-state index in [1.807, 2.05) is 30.3 Å². The lowest BCUT2D eigenvalue weighted by Gasteiger charge is -2.05. The highest BCUT2D eigenvalue weighted by molar-refractivity contribution is 5.18. The van der Waals surface area contributed by atoms with Gasteiger partial charge in [-0.1, -0.05) is 30.3 Å². The number of rotatable bonds is 4. The lowest BCUT2D eigenvalue weighted by Crippen LogP contribution is -2.12. The molecule has 0 saturated heterocycles. The lowest BCUT2D eigenvalue weighted by molar-refractivity contribution is 0.296. The Hall–Kier alpha value is -2.30. The number of aromatic nitrogens is 2. The third kappa shape index (κ3) is 2.84. The smallest absolute Gasteiger partial charge is 0.296 e. The molecule has 88 valence electrons. The summed E-state index contributed by atoms with van der Waals surface area (Å²) < 4.78 is 10.2. The average molecular weight is 232 g/mol. The Morgan fingerprint density at radius 1 is 1.29 bits per heavy atom. The molecule has 0 spiro atoms. The van der Waals surface area contributed by atoms with Gasteiger partial charge in [-0.2, -0.15) is 0 Å². The van der Waals surface area contributed by atoms with Crippen LogP contribution in [0.5, 0.6) is 11.8 Å². The van der Waals surface area contributed by atoms with Gasteiger partial charge in [0.15, 0.2) is 0 Å². The third-order valence-corrected chi connectivity index (χ3v) is 2.17. The van der Waals surface area contributed by atoms with Gasteiger partial charge >= 0.3 is 0 Å². The van der Waals surface area contributed by atoms with Crippen molar-refractivity contribution in [2.45, 2.75) is 6.61 Å². The summed E-state index contributed by atoms with van der Waals surface area (Å²) in [6, 6.07) is 9.76. The molecule has 1 heterocycles. The summed E-state index contributed by atoms with van der Waals surface area (Å²) in [5, 5.41) is 0. The predicted octanol–water partition coefficient (Wildman–Crippen LogP) is 1.36. The first kappa shape index (κ1) is 11.2. The molecule has 0 saturated carbocycles. The van der Waals surface area contributed by atoms with Crippen LogP contribution in [0.1, 0.15) is 5.56 Å². The molecule has 0 aliphatic carbocycles. The summed E-state index contributed by atoms with van der Waals surface area (Å²) >= 11 is 0. The van der Waals surface area contributed by atoms with Gasteiger partial charge in [-0.05, 0) is 5.56 Å². The minimum absolute atomic E-state index is 0.169. The van der Waals surface area contributed by atoms with Crippen molar-refractivity contribution in [1.82, 2.24) is 9.97 Å². The second kappa shape index (κ2) is 5.16. The number of H-pyrrole nitrogens is 1. The van der Waals surface area contributed by atoms with Crippen LogP contribution in [0.4, 0.5) is 0 Å². The Morgan fingerprint density at radius 2 is 2.06 bits per heavy atom. The third-order valence-electron chi connectivity index (χ3n) is 2.17. The maximum absolute atomic E-state index is 11.5. The van der Waals surface area contributed by atoms with E-state index in [4.69, 9.17) is 9.47 Å². The van der Waals surface area contributed by atoms with Gasteiger partial charge in [0.05, 0.1) is 13.3 Å². The van der Waals surface area contributed by atoms with Crippen molar-refractivity contribution in [1.29, 1.82) is 0 Å². The molecule has 0 fully saturated rings. The zero-order valence-corrected chi connectivity index (χ0v) is 9.34. The minimum atomic E-state index is -0.354. The van der Waals surface area contributed by atoms with Crippen LogP contribution in [-0.2, 0) is 6.61 Å². The number of ether oxygens (including phenoxy) is 2. The number of nitrogens with zero attached hydrogens (tertiary/aromatic N) is 1. The first-order valence-electron chi connectivity index (χ1n) is 5.09. The highest BCUT2D eigenvalue weighted by Gasteiger charge is 2.03. The maximum Gasteiger partial charge on any atom is 0.296 e. The van der Waals surface area contributed by atoms with Crippen LogP contribution in [0.15, 0.2) is 41.3 Å². The number of nitrogens with one attached hydrogen (secondary N) is 1. The molecule has 2 aromatic rings. The van der Waals surface area contributed by atoms with Crippen LogP contribution in [0, 0.1) is 0 Å². The van der Waals surface area contributed by atoms with Gasteiger partial charge in [0.2, 0.25) is 5.75 Å². The van der Waals surface area contributed by atoms with Crippen molar-refractivity contribution >= 4 is 0 Å². The van der Waals surface area contributed by atoms with Crippen LogP contribution in [-0.4, -0.2) is 17.1 Å². The number of methoxy groups -OCH3 is 1. The summed E-state index contributed by atoms with van der Waals surface area (Å²) in [5.74, 6) is 0.176. The molecule has 17 heavy (non-hydrogen) atoms. The summed E-state index contributed by atoms with van der Waals surface area (Å²) in [6.07, 6.45) is 1.35. The monoisotopic (exact) mass is 232 g/mol. The molecule has 0 aliphatic rings. The Labute approximate surface area is 98.0 Å². The highest BCUT2D eigenvalue weighted by Crippen LogP contribution is 2.07. The Kier molecular flexibility index (Phi) is 3.40. The van der Waals surface area contributed by atoms with Gasteiger partial charge in [0.25, 0.3) is 11.6 Å². The Morgan fingerprint density at radius 3 is 2.71 bits per heavy atom. The SMILES string of the molecule is COc1ncc(OCc2ccccc2)c(=O)[nH]1. The van der Waals surface area contributed by atoms with Crippen molar-refractivity contribution in [2.24, 2.45) is 0 Å². The Bertz CT molecular complexity index is 537. The van der Waals surface area contributed by atoms with Crippen LogP contribution in [0.2, 0.25) is 0 Å². The van der Waals surface area contributed by atoms with Gasteiger partial charge in [-0.25, -0.2) is 4.98 Å². The summed E-state index contributed by atoms with van der Waals surface area (Å²) in [6.45, 7) is 0.331. The van der Waals surface area contributed by atoms with Gasteiger partial charge in [0.1, 0.15) is 6.61 Å². The quantitative estimate of drug-likeness (QED) is 0.864. The van der Waals surface area contributed by atoms with E-state index in [1.54, 1.807) is 0 Å². The molecule has 5 nitrogen and oxygen atoms in total. The first-order valence-corrected chi connectivity index (χ1v) is 5.09. The molecule has 1 aromatic carbocycles. The fourth-order valence-corrected chi connectivity index (χ4v) is 1.31. The first-order chi connectivity index (χ1) is 8.29.